The van der Waals surface area contributed by atoms with E-state index in [1.165, 1.54) is 7.11 Å². The summed E-state index contributed by atoms with van der Waals surface area (Å²) in [6.45, 7) is 1.20. The SMILES string of the molecule is COc1cc(C(=O)NCc2nc3ccccc3[nH]2)cc2c1OCCO2. The van der Waals surface area contributed by atoms with Crippen molar-refractivity contribution >= 4 is 16.9 Å². The van der Waals surface area contributed by atoms with Gasteiger partial charge in [0.05, 0.1) is 24.7 Å². The molecule has 0 saturated heterocycles. The number of nitrogens with one attached hydrogen (secondary N) is 2. The van der Waals surface area contributed by atoms with E-state index in [4.69, 9.17) is 14.2 Å². The van der Waals surface area contributed by atoms with Crippen LogP contribution >= 0.6 is 0 Å². The van der Waals surface area contributed by atoms with E-state index < -0.39 is 0 Å². The highest BCUT2D eigenvalue weighted by atomic mass is 16.6. The lowest BCUT2D eigenvalue weighted by molar-refractivity contribution is 0.0948. The summed E-state index contributed by atoms with van der Waals surface area (Å²) in [5, 5.41) is 2.85. The van der Waals surface area contributed by atoms with Crippen LogP contribution in [0.2, 0.25) is 0 Å². The van der Waals surface area contributed by atoms with Gasteiger partial charge in [-0.25, -0.2) is 4.98 Å². The Morgan fingerprint density at radius 2 is 2.12 bits per heavy atom. The fourth-order valence-electron chi connectivity index (χ4n) is 2.76. The molecule has 0 saturated carbocycles. The third kappa shape index (κ3) is 2.96. The van der Waals surface area contributed by atoms with Crippen molar-refractivity contribution in [2.75, 3.05) is 20.3 Å². The van der Waals surface area contributed by atoms with Crippen LogP contribution in [0, 0.1) is 0 Å². The summed E-state index contributed by atoms with van der Waals surface area (Å²) >= 11 is 0. The van der Waals surface area contributed by atoms with E-state index in [1.807, 2.05) is 24.3 Å². The van der Waals surface area contributed by atoms with Gasteiger partial charge in [0.1, 0.15) is 19.0 Å². The highest BCUT2D eigenvalue weighted by molar-refractivity contribution is 5.95. The van der Waals surface area contributed by atoms with E-state index in [-0.39, 0.29) is 5.91 Å². The number of amides is 1. The summed E-state index contributed by atoms with van der Waals surface area (Å²) in [6, 6.07) is 11.0. The van der Waals surface area contributed by atoms with Gasteiger partial charge in [-0.15, -0.1) is 0 Å². The predicted octanol–water partition coefficient (Wildman–Crippen LogP) is 2.27. The summed E-state index contributed by atoms with van der Waals surface area (Å²) in [5.41, 5.74) is 2.25. The molecule has 0 bridgehead atoms. The van der Waals surface area contributed by atoms with Crippen LogP contribution in [0.4, 0.5) is 0 Å². The Labute approximate surface area is 143 Å². The molecule has 4 rings (SSSR count). The standard InChI is InChI=1S/C18H17N3O4/c1-23-14-8-11(9-15-17(14)25-7-6-24-15)18(22)19-10-16-20-12-4-2-3-5-13(12)21-16/h2-5,8-9H,6-7,10H2,1H3,(H,19,22)(H,20,21). The van der Waals surface area contributed by atoms with Crippen molar-refractivity contribution in [1.29, 1.82) is 0 Å². The second-order valence-corrected chi connectivity index (χ2v) is 5.59. The molecule has 0 atom stereocenters. The smallest absolute Gasteiger partial charge is 0.251 e. The van der Waals surface area contributed by atoms with E-state index in [9.17, 15) is 4.79 Å². The van der Waals surface area contributed by atoms with Crippen molar-refractivity contribution < 1.29 is 19.0 Å². The van der Waals surface area contributed by atoms with Crippen LogP contribution in [-0.4, -0.2) is 36.2 Å². The van der Waals surface area contributed by atoms with Crippen LogP contribution in [-0.2, 0) is 6.54 Å². The van der Waals surface area contributed by atoms with Gasteiger partial charge in [-0.05, 0) is 24.3 Å². The maximum absolute atomic E-state index is 12.5. The molecule has 3 aromatic rings. The first-order valence-electron chi connectivity index (χ1n) is 7.94. The molecule has 7 nitrogen and oxygen atoms in total. The number of hydrogen-bond donors (Lipinski definition) is 2. The van der Waals surface area contributed by atoms with Crippen LogP contribution < -0.4 is 19.5 Å². The number of aromatic nitrogens is 2. The molecule has 128 valence electrons. The average molecular weight is 339 g/mol. The number of carbonyl (C=O) groups is 1. The Bertz CT molecular complexity index is 885. The lowest BCUT2D eigenvalue weighted by atomic mass is 10.1. The van der Waals surface area contributed by atoms with Crippen LogP contribution in [0.25, 0.3) is 11.0 Å². The fraction of sp³-hybridized carbons (Fsp3) is 0.222. The topological polar surface area (TPSA) is 85.5 Å². The van der Waals surface area contributed by atoms with E-state index in [1.54, 1.807) is 12.1 Å². The average Bonchev–Trinajstić information content (AvgIpc) is 3.08. The Balaban J connectivity index is 1.52. The third-order valence-electron chi connectivity index (χ3n) is 3.94. The lowest BCUT2D eigenvalue weighted by Gasteiger charge is -2.21. The minimum absolute atomic E-state index is 0.240. The van der Waals surface area contributed by atoms with E-state index in [0.717, 1.165) is 11.0 Å². The van der Waals surface area contributed by atoms with Gasteiger partial charge in [0.15, 0.2) is 11.5 Å². The highest BCUT2D eigenvalue weighted by Crippen LogP contribution is 2.40. The zero-order chi connectivity index (χ0) is 17.2. The molecule has 0 unspecified atom stereocenters. The third-order valence-corrected chi connectivity index (χ3v) is 3.94. The monoisotopic (exact) mass is 339 g/mol. The molecule has 25 heavy (non-hydrogen) atoms. The predicted molar refractivity (Wildman–Crippen MR) is 91.2 cm³/mol. The van der Waals surface area contributed by atoms with Crippen molar-refractivity contribution in [3.05, 3.63) is 47.8 Å². The Morgan fingerprint density at radius 3 is 2.96 bits per heavy atom. The van der Waals surface area contributed by atoms with E-state index in [2.05, 4.69) is 15.3 Å². The van der Waals surface area contributed by atoms with Gasteiger partial charge >= 0.3 is 0 Å². The molecule has 1 aliphatic rings. The summed E-state index contributed by atoms with van der Waals surface area (Å²) in [6.07, 6.45) is 0. The number of hydrogen-bond acceptors (Lipinski definition) is 5. The maximum Gasteiger partial charge on any atom is 0.251 e. The van der Waals surface area contributed by atoms with E-state index in [0.29, 0.717) is 48.4 Å². The van der Waals surface area contributed by atoms with Crippen molar-refractivity contribution in [2.24, 2.45) is 0 Å². The van der Waals surface area contributed by atoms with Crippen LogP contribution in [0.1, 0.15) is 16.2 Å². The number of nitrogens with zero attached hydrogens (tertiary/aromatic N) is 1. The zero-order valence-electron chi connectivity index (χ0n) is 13.7. The highest BCUT2D eigenvalue weighted by Gasteiger charge is 2.21. The van der Waals surface area contributed by atoms with Crippen LogP contribution in [0.5, 0.6) is 17.2 Å². The molecule has 2 aromatic carbocycles. The van der Waals surface area contributed by atoms with Crippen molar-refractivity contribution in [2.45, 2.75) is 6.54 Å². The molecule has 0 aliphatic carbocycles. The number of para-hydroxylation sites is 2. The number of benzene rings is 2. The minimum atomic E-state index is -0.240. The minimum Gasteiger partial charge on any atom is -0.493 e. The summed E-state index contributed by atoms with van der Waals surface area (Å²) < 4.78 is 16.4. The fourth-order valence-corrected chi connectivity index (χ4v) is 2.76. The van der Waals surface area contributed by atoms with E-state index >= 15 is 0 Å². The Morgan fingerprint density at radius 1 is 1.28 bits per heavy atom. The molecule has 1 aliphatic heterocycles. The molecule has 7 heteroatoms. The first-order chi connectivity index (χ1) is 12.2. The molecule has 0 spiro atoms. The Kier molecular flexibility index (Phi) is 3.89. The van der Waals surface area contributed by atoms with Gasteiger partial charge < -0.3 is 24.5 Å². The summed E-state index contributed by atoms with van der Waals surface area (Å²) in [5.74, 6) is 1.97. The number of fused-ring (bicyclic) bond motifs is 2. The van der Waals surface area contributed by atoms with Crippen molar-refractivity contribution in [1.82, 2.24) is 15.3 Å². The van der Waals surface area contributed by atoms with Crippen molar-refractivity contribution in [3.8, 4) is 17.2 Å². The molecular formula is C18H17N3O4. The van der Waals surface area contributed by atoms with Gasteiger partial charge in [0, 0.05) is 5.56 Å². The number of carbonyl (C=O) groups excluding carboxylic acids is 1. The number of rotatable bonds is 4. The van der Waals surface area contributed by atoms with Gasteiger partial charge in [-0.3, -0.25) is 4.79 Å². The van der Waals surface area contributed by atoms with Crippen LogP contribution in [0.3, 0.4) is 0 Å². The first-order valence-corrected chi connectivity index (χ1v) is 7.94. The molecule has 2 N–H and O–H groups in total. The summed E-state index contributed by atoms with van der Waals surface area (Å²) in [4.78, 5) is 20.1. The molecular weight excluding hydrogens is 322 g/mol. The Hall–Kier alpha value is -3.22. The van der Waals surface area contributed by atoms with Gasteiger partial charge in [-0.1, -0.05) is 12.1 Å². The van der Waals surface area contributed by atoms with Crippen molar-refractivity contribution in [3.63, 3.8) is 0 Å². The molecule has 1 amide bonds. The first kappa shape index (κ1) is 15.3. The van der Waals surface area contributed by atoms with Gasteiger partial charge in [-0.2, -0.15) is 0 Å². The quantitative estimate of drug-likeness (QED) is 0.762. The molecule has 1 aromatic heterocycles. The zero-order valence-corrected chi connectivity index (χ0v) is 13.7. The molecule has 2 heterocycles. The number of imidazole rings is 1. The van der Waals surface area contributed by atoms with Crippen LogP contribution in [0.15, 0.2) is 36.4 Å². The molecule has 0 fully saturated rings. The largest absolute Gasteiger partial charge is 0.493 e. The normalized spacial score (nSPS) is 12.8. The number of aromatic amines is 1. The van der Waals surface area contributed by atoms with Gasteiger partial charge in [0.2, 0.25) is 5.75 Å². The summed E-state index contributed by atoms with van der Waals surface area (Å²) in [7, 11) is 1.53. The maximum atomic E-state index is 12.5. The second kappa shape index (κ2) is 6.35. The number of methoxy groups -OCH3 is 1. The number of H-pyrrole nitrogens is 1. The molecule has 0 radical (unpaired) electrons. The number of ether oxygens (including phenoxy) is 3. The van der Waals surface area contributed by atoms with Gasteiger partial charge in [0.25, 0.3) is 5.91 Å². The lowest BCUT2D eigenvalue weighted by Crippen LogP contribution is -2.24. The second-order valence-electron chi connectivity index (χ2n) is 5.59.